The van der Waals surface area contributed by atoms with Crippen LogP contribution in [0.1, 0.15) is 51.2 Å². The van der Waals surface area contributed by atoms with Gasteiger partial charge in [0.15, 0.2) is 0 Å². The molecular formula is C15H22. The molecule has 0 amide bonds. The van der Waals surface area contributed by atoms with Gasteiger partial charge in [0.05, 0.1) is 0 Å². The largest absolute Gasteiger partial charge is 0.0726 e. The Bertz CT molecular complexity index is 341. The van der Waals surface area contributed by atoms with Gasteiger partial charge < -0.3 is 0 Å². The minimum atomic E-state index is 1.21. The van der Waals surface area contributed by atoms with Gasteiger partial charge in [-0.1, -0.05) is 43.2 Å². The van der Waals surface area contributed by atoms with Crippen LogP contribution in [-0.2, 0) is 0 Å². The highest BCUT2D eigenvalue weighted by molar-refractivity contribution is 5.70. The zero-order chi connectivity index (χ0) is 11.3. The molecule has 0 radical (unpaired) electrons. The maximum absolute atomic E-state index is 2.25. The van der Waals surface area contributed by atoms with E-state index in [0.717, 1.165) is 0 Å². The first-order valence-corrected chi connectivity index (χ1v) is 5.89. The van der Waals surface area contributed by atoms with E-state index in [4.69, 9.17) is 0 Å². The smallest absolute Gasteiger partial charge is 0.0196 e. The second-order valence-corrected chi connectivity index (χ2v) is 4.40. The fourth-order valence-corrected chi connectivity index (χ4v) is 1.92. The number of benzene rings is 1. The van der Waals surface area contributed by atoms with Gasteiger partial charge in [0, 0.05) is 0 Å². The van der Waals surface area contributed by atoms with Crippen LogP contribution in [0.25, 0.3) is 5.57 Å². The molecule has 0 heteroatoms. The third kappa shape index (κ3) is 3.23. The van der Waals surface area contributed by atoms with E-state index in [2.05, 4.69) is 52.0 Å². The summed E-state index contributed by atoms with van der Waals surface area (Å²) in [4.78, 5) is 0. The molecule has 1 aromatic rings. The predicted molar refractivity (Wildman–Crippen MR) is 69.0 cm³/mol. The minimum Gasteiger partial charge on any atom is -0.0726 e. The highest BCUT2D eigenvalue weighted by atomic mass is 14.1. The molecule has 0 aliphatic rings. The van der Waals surface area contributed by atoms with Crippen LogP contribution in [0, 0.1) is 6.92 Å². The lowest BCUT2D eigenvalue weighted by atomic mass is 9.93. The number of unbranched alkanes of at least 4 members (excludes halogenated alkanes) is 1. The Hall–Kier alpha value is -1.04. The molecule has 0 nitrogen and oxygen atoms in total. The van der Waals surface area contributed by atoms with E-state index in [1.54, 1.807) is 0 Å². The molecule has 0 aliphatic heterocycles. The van der Waals surface area contributed by atoms with Crippen LogP contribution in [0.4, 0.5) is 0 Å². The highest BCUT2D eigenvalue weighted by Crippen LogP contribution is 2.26. The molecule has 0 atom stereocenters. The summed E-state index contributed by atoms with van der Waals surface area (Å²) < 4.78 is 0. The third-order valence-corrected chi connectivity index (χ3v) is 2.85. The van der Waals surface area contributed by atoms with Gasteiger partial charge in [-0.05, 0) is 50.3 Å². The maximum Gasteiger partial charge on any atom is -0.0196 e. The van der Waals surface area contributed by atoms with Crippen LogP contribution in [-0.4, -0.2) is 0 Å². The Morgan fingerprint density at radius 1 is 1.13 bits per heavy atom. The predicted octanol–water partition coefficient (Wildman–Crippen LogP) is 4.98. The SMILES string of the molecule is CCCCC(=C(C)C)c1ccccc1C. The zero-order valence-electron chi connectivity index (χ0n) is 10.4. The lowest BCUT2D eigenvalue weighted by Crippen LogP contribution is -1.91. The van der Waals surface area contributed by atoms with Crippen molar-refractivity contribution in [2.24, 2.45) is 0 Å². The Kier molecular flexibility index (Phi) is 4.61. The molecule has 0 heterocycles. The summed E-state index contributed by atoms with van der Waals surface area (Å²) >= 11 is 0. The molecule has 0 saturated carbocycles. The number of hydrogen-bond donors (Lipinski definition) is 0. The number of aryl methyl sites for hydroxylation is 1. The highest BCUT2D eigenvalue weighted by Gasteiger charge is 2.05. The molecule has 0 unspecified atom stereocenters. The summed E-state index contributed by atoms with van der Waals surface area (Å²) in [6, 6.07) is 8.69. The zero-order valence-corrected chi connectivity index (χ0v) is 10.4. The number of allylic oxidation sites excluding steroid dienone is 2. The molecule has 1 aromatic carbocycles. The average molecular weight is 202 g/mol. The maximum atomic E-state index is 2.25. The molecule has 15 heavy (non-hydrogen) atoms. The van der Waals surface area contributed by atoms with Crippen LogP contribution < -0.4 is 0 Å². The number of rotatable bonds is 4. The van der Waals surface area contributed by atoms with Gasteiger partial charge in [0.25, 0.3) is 0 Å². The van der Waals surface area contributed by atoms with Crippen LogP contribution in [0.5, 0.6) is 0 Å². The van der Waals surface area contributed by atoms with E-state index in [1.165, 1.54) is 41.5 Å². The van der Waals surface area contributed by atoms with Crippen molar-refractivity contribution in [1.29, 1.82) is 0 Å². The van der Waals surface area contributed by atoms with Crippen molar-refractivity contribution in [3.05, 3.63) is 41.0 Å². The van der Waals surface area contributed by atoms with E-state index >= 15 is 0 Å². The van der Waals surface area contributed by atoms with E-state index in [9.17, 15) is 0 Å². The van der Waals surface area contributed by atoms with Gasteiger partial charge in [-0.25, -0.2) is 0 Å². The first kappa shape index (κ1) is 12.0. The first-order valence-electron chi connectivity index (χ1n) is 5.89. The molecule has 0 fully saturated rings. The van der Waals surface area contributed by atoms with Gasteiger partial charge in [-0.3, -0.25) is 0 Å². The van der Waals surface area contributed by atoms with Crippen molar-refractivity contribution in [2.75, 3.05) is 0 Å². The van der Waals surface area contributed by atoms with E-state index in [0.29, 0.717) is 0 Å². The number of hydrogen-bond acceptors (Lipinski definition) is 0. The average Bonchev–Trinajstić information content (AvgIpc) is 2.20. The molecule has 0 N–H and O–H groups in total. The quantitative estimate of drug-likeness (QED) is 0.646. The normalized spacial score (nSPS) is 10.1. The molecule has 0 aliphatic carbocycles. The lowest BCUT2D eigenvalue weighted by Gasteiger charge is -2.12. The second kappa shape index (κ2) is 5.75. The molecule has 82 valence electrons. The van der Waals surface area contributed by atoms with Crippen molar-refractivity contribution < 1.29 is 0 Å². The fourth-order valence-electron chi connectivity index (χ4n) is 1.92. The second-order valence-electron chi connectivity index (χ2n) is 4.40. The Balaban J connectivity index is 3.01. The van der Waals surface area contributed by atoms with Gasteiger partial charge in [0.1, 0.15) is 0 Å². The molecule has 1 rings (SSSR count). The van der Waals surface area contributed by atoms with Crippen LogP contribution in [0.2, 0.25) is 0 Å². The van der Waals surface area contributed by atoms with Crippen LogP contribution >= 0.6 is 0 Å². The van der Waals surface area contributed by atoms with Crippen molar-refractivity contribution >= 4 is 5.57 Å². The van der Waals surface area contributed by atoms with E-state index in [-0.39, 0.29) is 0 Å². The summed E-state index contributed by atoms with van der Waals surface area (Å²) in [5, 5.41) is 0. The lowest BCUT2D eigenvalue weighted by molar-refractivity contribution is 0.820. The van der Waals surface area contributed by atoms with Crippen molar-refractivity contribution in [3.63, 3.8) is 0 Å². The molecule has 0 aromatic heterocycles. The summed E-state index contributed by atoms with van der Waals surface area (Å²) in [5.41, 5.74) is 5.82. The topological polar surface area (TPSA) is 0 Å². The fraction of sp³-hybridized carbons (Fsp3) is 0.467. The summed E-state index contributed by atoms with van der Waals surface area (Å²) in [5.74, 6) is 0. The molecular weight excluding hydrogens is 180 g/mol. The molecule has 0 spiro atoms. The van der Waals surface area contributed by atoms with Crippen LogP contribution in [0.15, 0.2) is 29.8 Å². The van der Waals surface area contributed by atoms with Crippen molar-refractivity contribution in [1.82, 2.24) is 0 Å². The monoisotopic (exact) mass is 202 g/mol. The van der Waals surface area contributed by atoms with Crippen LogP contribution in [0.3, 0.4) is 0 Å². The first-order chi connectivity index (χ1) is 7.16. The van der Waals surface area contributed by atoms with E-state index < -0.39 is 0 Å². The van der Waals surface area contributed by atoms with Gasteiger partial charge >= 0.3 is 0 Å². The van der Waals surface area contributed by atoms with Crippen molar-refractivity contribution in [3.8, 4) is 0 Å². The minimum absolute atomic E-state index is 1.21. The third-order valence-electron chi connectivity index (χ3n) is 2.85. The molecule has 0 bridgehead atoms. The standard InChI is InChI=1S/C15H22/c1-5-6-10-14(12(2)3)15-11-8-7-9-13(15)4/h7-9,11H,5-6,10H2,1-4H3. The Morgan fingerprint density at radius 3 is 2.33 bits per heavy atom. The van der Waals surface area contributed by atoms with Gasteiger partial charge in [-0.15, -0.1) is 0 Å². The summed E-state index contributed by atoms with van der Waals surface area (Å²) in [6.45, 7) is 8.89. The van der Waals surface area contributed by atoms with Crippen molar-refractivity contribution in [2.45, 2.75) is 47.0 Å². The summed E-state index contributed by atoms with van der Waals surface area (Å²) in [7, 11) is 0. The Labute approximate surface area is 94.0 Å². The van der Waals surface area contributed by atoms with Gasteiger partial charge in [0.2, 0.25) is 0 Å². The van der Waals surface area contributed by atoms with Gasteiger partial charge in [-0.2, -0.15) is 0 Å². The molecule has 0 saturated heterocycles. The summed E-state index contributed by atoms with van der Waals surface area (Å²) in [6.07, 6.45) is 3.77. The van der Waals surface area contributed by atoms with E-state index in [1.807, 2.05) is 0 Å². The Morgan fingerprint density at radius 2 is 1.80 bits per heavy atom.